The highest BCUT2D eigenvalue weighted by Crippen LogP contribution is 2.65. The minimum atomic E-state index is -0.468. The number of fused-ring (bicyclic) bond motifs is 6. The summed E-state index contributed by atoms with van der Waals surface area (Å²) >= 11 is 3.64. The molecule has 2 aliphatic rings. The third kappa shape index (κ3) is 3.48. The highest BCUT2D eigenvalue weighted by Gasteiger charge is 2.52. The first-order valence-corrected chi connectivity index (χ1v) is 17.1. The summed E-state index contributed by atoms with van der Waals surface area (Å²) in [6.07, 6.45) is 0. The molecule has 1 unspecified atom stereocenters. The van der Waals surface area contributed by atoms with Gasteiger partial charge in [0.15, 0.2) is 0 Å². The minimum absolute atomic E-state index is 0.423. The SMILES string of the molecule is Cc1ccc(C2(c3ccccc3)c3cc4c(cc3-c3sc(C)cc32)C(c2ccccc2)(c2ccccc2)c2cc(N)sc2-4)cc1. The maximum absolute atomic E-state index is 6.67. The number of hydrogen-bond donors (Lipinski definition) is 1. The molecule has 216 valence electrons. The molecule has 0 fully saturated rings. The second-order valence-electron chi connectivity index (χ2n) is 12.4. The molecular weight excluding hydrogens is 583 g/mol. The van der Waals surface area contributed by atoms with E-state index in [0.29, 0.717) is 0 Å². The second kappa shape index (κ2) is 9.65. The van der Waals surface area contributed by atoms with E-state index < -0.39 is 10.8 Å². The number of nitrogen functional groups attached to an aromatic ring is 1. The fourth-order valence-electron chi connectivity index (χ4n) is 8.21. The molecule has 2 aromatic heterocycles. The molecule has 3 heteroatoms. The van der Waals surface area contributed by atoms with Gasteiger partial charge in [-0.05, 0) is 93.7 Å². The zero-order valence-electron chi connectivity index (χ0n) is 25.2. The van der Waals surface area contributed by atoms with Gasteiger partial charge in [0.1, 0.15) is 0 Å². The Balaban J connectivity index is 1.45. The van der Waals surface area contributed by atoms with E-state index in [0.717, 1.165) is 5.00 Å². The number of rotatable bonds is 4. The molecule has 0 saturated carbocycles. The van der Waals surface area contributed by atoms with Crippen molar-refractivity contribution in [3.05, 3.63) is 194 Å². The Morgan fingerprint density at radius 1 is 0.444 bits per heavy atom. The van der Waals surface area contributed by atoms with Gasteiger partial charge in [-0.2, -0.15) is 0 Å². The summed E-state index contributed by atoms with van der Waals surface area (Å²) in [7, 11) is 0. The molecule has 1 atom stereocenters. The van der Waals surface area contributed by atoms with E-state index in [1.165, 1.54) is 75.8 Å². The summed E-state index contributed by atoms with van der Waals surface area (Å²) in [5.41, 5.74) is 20.2. The lowest BCUT2D eigenvalue weighted by Gasteiger charge is -2.35. The van der Waals surface area contributed by atoms with E-state index in [-0.39, 0.29) is 0 Å². The van der Waals surface area contributed by atoms with E-state index in [2.05, 4.69) is 153 Å². The van der Waals surface area contributed by atoms with Crippen LogP contribution < -0.4 is 5.73 Å². The van der Waals surface area contributed by atoms with Crippen LogP contribution in [-0.2, 0) is 10.8 Å². The maximum Gasteiger partial charge on any atom is 0.0866 e. The fraction of sp³-hybridized carbons (Fsp3) is 0.0952. The zero-order valence-corrected chi connectivity index (χ0v) is 26.8. The van der Waals surface area contributed by atoms with Gasteiger partial charge in [-0.3, -0.25) is 0 Å². The average molecular weight is 614 g/mol. The van der Waals surface area contributed by atoms with Gasteiger partial charge in [0.25, 0.3) is 0 Å². The van der Waals surface area contributed by atoms with Crippen LogP contribution in [0.2, 0.25) is 0 Å². The minimum Gasteiger partial charge on any atom is -0.391 e. The molecule has 0 amide bonds. The molecule has 0 radical (unpaired) electrons. The fourth-order valence-corrected chi connectivity index (χ4v) is 10.3. The molecular formula is C42H31NS2. The van der Waals surface area contributed by atoms with Crippen LogP contribution in [0.25, 0.3) is 20.9 Å². The van der Waals surface area contributed by atoms with Crippen LogP contribution >= 0.6 is 22.7 Å². The summed E-state index contributed by atoms with van der Waals surface area (Å²) in [6, 6.07) is 52.1. The van der Waals surface area contributed by atoms with Crippen molar-refractivity contribution in [1.29, 1.82) is 0 Å². The van der Waals surface area contributed by atoms with Crippen LogP contribution in [-0.4, -0.2) is 0 Å². The van der Waals surface area contributed by atoms with Crippen molar-refractivity contribution in [1.82, 2.24) is 0 Å². The second-order valence-corrected chi connectivity index (χ2v) is 14.7. The number of aryl methyl sites for hydroxylation is 2. The molecule has 2 heterocycles. The molecule has 2 aliphatic carbocycles. The summed E-state index contributed by atoms with van der Waals surface area (Å²) in [6.45, 7) is 4.42. The van der Waals surface area contributed by atoms with Gasteiger partial charge in [-0.1, -0.05) is 121 Å². The van der Waals surface area contributed by atoms with Crippen molar-refractivity contribution >= 4 is 27.7 Å². The Morgan fingerprint density at radius 3 is 1.36 bits per heavy atom. The van der Waals surface area contributed by atoms with Gasteiger partial charge in [0.2, 0.25) is 0 Å². The Morgan fingerprint density at radius 2 is 0.867 bits per heavy atom. The summed E-state index contributed by atoms with van der Waals surface area (Å²) in [5, 5.41) is 0.852. The smallest absolute Gasteiger partial charge is 0.0866 e. The lowest BCUT2D eigenvalue weighted by Crippen LogP contribution is -2.29. The van der Waals surface area contributed by atoms with Crippen molar-refractivity contribution in [2.45, 2.75) is 24.7 Å². The number of nitrogens with two attached hydrogens (primary N) is 1. The van der Waals surface area contributed by atoms with Crippen LogP contribution in [0.4, 0.5) is 5.00 Å². The average Bonchev–Trinajstić information content (AvgIpc) is 3.79. The van der Waals surface area contributed by atoms with E-state index in [1.54, 1.807) is 11.3 Å². The van der Waals surface area contributed by atoms with Gasteiger partial charge in [0, 0.05) is 14.6 Å². The van der Waals surface area contributed by atoms with Crippen LogP contribution in [0.1, 0.15) is 54.9 Å². The molecule has 0 aliphatic heterocycles. The van der Waals surface area contributed by atoms with Crippen molar-refractivity contribution in [3.8, 4) is 20.9 Å². The van der Waals surface area contributed by atoms with Crippen LogP contribution in [0.3, 0.4) is 0 Å². The van der Waals surface area contributed by atoms with Crippen molar-refractivity contribution in [2.75, 3.05) is 5.73 Å². The zero-order chi connectivity index (χ0) is 30.3. The maximum atomic E-state index is 6.67. The predicted molar refractivity (Wildman–Crippen MR) is 191 cm³/mol. The van der Waals surface area contributed by atoms with Crippen molar-refractivity contribution in [2.24, 2.45) is 0 Å². The largest absolute Gasteiger partial charge is 0.391 e. The Kier molecular flexibility index (Phi) is 5.72. The third-order valence-corrected chi connectivity index (χ3v) is 12.1. The monoisotopic (exact) mass is 613 g/mol. The van der Waals surface area contributed by atoms with E-state index in [9.17, 15) is 0 Å². The van der Waals surface area contributed by atoms with Gasteiger partial charge in [-0.25, -0.2) is 0 Å². The van der Waals surface area contributed by atoms with Crippen molar-refractivity contribution in [3.63, 3.8) is 0 Å². The molecule has 0 saturated heterocycles. The standard InChI is InChI=1S/C42H31NS2/c1-26-18-20-31(21-19-26)42(30-16-10-5-11-17-30)34-24-33-35(23-32(34)39-36(42)22-27(2)44-39)41(28-12-6-3-7-13-28,29-14-8-4-9-15-29)37-25-38(43)45-40(33)37/h3-25H,43H2,1-2H3. The highest BCUT2D eigenvalue weighted by atomic mass is 32.1. The molecule has 1 nitrogen and oxygen atoms in total. The van der Waals surface area contributed by atoms with E-state index in [4.69, 9.17) is 5.73 Å². The van der Waals surface area contributed by atoms with Crippen molar-refractivity contribution < 1.29 is 0 Å². The van der Waals surface area contributed by atoms with Crippen LogP contribution in [0.5, 0.6) is 0 Å². The van der Waals surface area contributed by atoms with Gasteiger partial charge in [0.05, 0.1) is 15.8 Å². The topological polar surface area (TPSA) is 26.0 Å². The first-order valence-electron chi connectivity index (χ1n) is 15.5. The lowest BCUT2D eigenvalue weighted by atomic mass is 9.66. The third-order valence-electron chi connectivity index (χ3n) is 9.97. The molecule has 2 N–H and O–H groups in total. The predicted octanol–water partition coefficient (Wildman–Crippen LogP) is 10.7. The Labute approximate surface area is 272 Å². The van der Waals surface area contributed by atoms with Gasteiger partial charge < -0.3 is 5.73 Å². The van der Waals surface area contributed by atoms with Crippen LogP contribution in [0.15, 0.2) is 140 Å². The van der Waals surface area contributed by atoms with E-state index in [1.807, 2.05) is 11.3 Å². The number of benzene rings is 5. The van der Waals surface area contributed by atoms with Crippen LogP contribution in [0, 0.1) is 13.8 Å². The van der Waals surface area contributed by atoms with E-state index >= 15 is 0 Å². The Hall–Kier alpha value is -4.70. The summed E-state index contributed by atoms with van der Waals surface area (Å²) in [4.78, 5) is 3.98. The first-order chi connectivity index (χ1) is 22.0. The first kappa shape index (κ1) is 26.7. The highest BCUT2D eigenvalue weighted by molar-refractivity contribution is 7.19. The molecule has 9 rings (SSSR count). The number of hydrogen-bond acceptors (Lipinski definition) is 3. The lowest BCUT2D eigenvalue weighted by molar-refractivity contribution is 0.760. The molecule has 5 aromatic carbocycles. The quantitative estimate of drug-likeness (QED) is 0.210. The molecule has 7 aromatic rings. The molecule has 0 bridgehead atoms. The van der Waals surface area contributed by atoms with Gasteiger partial charge >= 0.3 is 0 Å². The Bertz CT molecular complexity index is 2180. The number of thiophene rings is 2. The molecule has 45 heavy (non-hydrogen) atoms. The number of anilines is 1. The normalized spacial score (nSPS) is 17.0. The summed E-state index contributed by atoms with van der Waals surface area (Å²) in [5.74, 6) is 0. The summed E-state index contributed by atoms with van der Waals surface area (Å²) < 4.78 is 0. The van der Waals surface area contributed by atoms with Gasteiger partial charge in [-0.15, -0.1) is 22.7 Å². The molecule has 0 spiro atoms.